The second kappa shape index (κ2) is 7.54. The van der Waals surface area contributed by atoms with Gasteiger partial charge < -0.3 is 5.32 Å². The van der Waals surface area contributed by atoms with Crippen molar-refractivity contribution in [3.63, 3.8) is 0 Å². The molecule has 0 unspecified atom stereocenters. The van der Waals surface area contributed by atoms with Crippen molar-refractivity contribution < 1.29 is 17.2 Å². The average Bonchev–Trinajstić information content (AvgIpc) is 2.35. The second-order valence-electron chi connectivity index (χ2n) is 4.61. The van der Waals surface area contributed by atoms with Gasteiger partial charge in [0.1, 0.15) is 11.6 Å². The molecule has 0 aliphatic heterocycles. The number of aryl methyl sites for hydroxylation is 1. The molecule has 4 nitrogen and oxygen atoms in total. The highest BCUT2D eigenvalue weighted by Gasteiger charge is 2.14. The van der Waals surface area contributed by atoms with Crippen molar-refractivity contribution in [1.82, 2.24) is 5.32 Å². The predicted molar refractivity (Wildman–Crippen MR) is 76.3 cm³/mol. The summed E-state index contributed by atoms with van der Waals surface area (Å²) < 4.78 is 52.4. The fourth-order valence-corrected chi connectivity index (χ4v) is 2.75. The van der Waals surface area contributed by atoms with Crippen LogP contribution in [0.5, 0.6) is 0 Å². The zero-order valence-electron chi connectivity index (χ0n) is 11.7. The number of hydrogen-bond donors (Lipinski definition) is 2. The molecule has 0 fully saturated rings. The van der Waals surface area contributed by atoms with E-state index in [1.165, 1.54) is 6.92 Å². The Balaban J connectivity index is 2.60. The maximum Gasteiger partial charge on any atom is 0.232 e. The maximum atomic E-state index is 13.5. The Labute approximate surface area is 118 Å². The van der Waals surface area contributed by atoms with Crippen LogP contribution in [0, 0.1) is 18.6 Å². The van der Waals surface area contributed by atoms with E-state index in [1.54, 1.807) is 0 Å². The molecule has 20 heavy (non-hydrogen) atoms. The van der Waals surface area contributed by atoms with Crippen LogP contribution in [0.4, 0.5) is 14.5 Å². The third-order valence-corrected chi connectivity index (χ3v) is 4.06. The lowest BCUT2D eigenvalue weighted by molar-refractivity contribution is 0.587. The van der Waals surface area contributed by atoms with E-state index in [0.29, 0.717) is 13.0 Å². The van der Waals surface area contributed by atoms with Crippen molar-refractivity contribution in [2.45, 2.75) is 26.7 Å². The summed E-state index contributed by atoms with van der Waals surface area (Å²) in [5, 5.41) is 3.07. The molecule has 0 aliphatic carbocycles. The Hall–Kier alpha value is -1.21. The number of rotatable bonds is 8. The standard InChI is InChI=1S/C13H20F2N2O2S/c1-3-5-16-6-4-7-20(18,19)17-13-9-11(14)10(2)8-12(13)15/h8-9,16-17H,3-7H2,1-2H3. The smallest absolute Gasteiger partial charge is 0.232 e. The lowest BCUT2D eigenvalue weighted by Gasteiger charge is -2.10. The van der Waals surface area contributed by atoms with Crippen LogP contribution in [0.2, 0.25) is 0 Å². The molecule has 0 bridgehead atoms. The highest BCUT2D eigenvalue weighted by atomic mass is 32.2. The van der Waals surface area contributed by atoms with E-state index < -0.39 is 21.7 Å². The number of nitrogens with one attached hydrogen (secondary N) is 2. The SMILES string of the molecule is CCCNCCCS(=O)(=O)Nc1cc(F)c(C)cc1F. The molecule has 0 atom stereocenters. The van der Waals surface area contributed by atoms with Gasteiger partial charge in [0, 0.05) is 6.07 Å². The molecule has 0 aromatic heterocycles. The van der Waals surface area contributed by atoms with Gasteiger partial charge in [-0.25, -0.2) is 17.2 Å². The predicted octanol–water partition coefficient (Wildman–Crippen LogP) is 2.40. The first kappa shape index (κ1) is 16.8. The Kier molecular flexibility index (Phi) is 6.35. The normalized spacial score (nSPS) is 11.6. The molecule has 0 saturated carbocycles. The van der Waals surface area contributed by atoms with E-state index in [4.69, 9.17) is 0 Å². The Bertz CT molecular complexity index is 548. The molecule has 1 rings (SSSR count). The van der Waals surface area contributed by atoms with Gasteiger partial charge in [0.15, 0.2) is 0 Å². The van der Waals surface area contributed by atoms with Crippen LogP contribution < -0.4 is 10.0 Å². The van der Waals surface area contributed by atoms with E-state index in [0.717, 1.165) is 25.1 Å². The summed E-state index contributed by atoms with van der Waals surface area (Å²) in [6.07, 6.45) is 1.38. The fourth-order valence-electron chi connectivity index (χ4n) is 1.63. The molecule has 0 amide bonds. The molecular formula is C13H20F2N2O2S. The van der Waals surface area contributed by atoms with Crippen LogP contribution in [0.3, 0.4) is 0 Å². The Morgan fingerprint density at radius 3 is 2.50 bits per heavy atom. The zero-order chi connectivity index (χ0) is 15.2. The third kappa shape index (κ3) is 5.42. The molecule has 0 radical (unpaired) electrons. The third-order valence-electron chi connectivity index (χ3n) is 2.71. The molecule has 0 heterocycles. The molecule has 0 saturated heterocycles. The Morgan fingerprint density at radius 2 is 1.85 bits per heavy atom. The zero-order valence-corrected chi connectivity index (χ0v) is 12.5. The summed E-state index contributed by atoms with van der Waals surface area (Å²) in [6, 6.07) is 1.83. The minimum absolute atomic E-state index is 0.134. The molecule has 1 aromatic rings. The van der Waals surface area contributed by atoms with Crippen molar-refractivity contribution in [3.8, 4) is 0 Å². The minimum atomic E-state index is -3.67. The first-order chi connectivity index (χ1) is 9.35. The van der Waals surface area contributed by atoms with Gasteiger partial charge in [-0.1, -0.05) is 6.92 Å². The van der Waals surface area contributed by atoms with Crippen molar-refractivity contribution in [1.29, 1.82) is 0 Å². The summed E-state index contributed by atoms with van der Waals surface area (Å²) in [4.78, 5) is 0. The molecular weight excluding hydrogens is 286 g/mol. The molecule has 1 aromatic carbocycles. The molecule has 0 aliphatic rings. The molecule has 2 N–H and O–H groups in total. The molecule has 0 spiro atoms. The summed E-state index contributed by atoms with van der Waals surface area (Å²) in [5.41, 5.74) is -0.219. The number of halogens is 2. The second-order valence-corrected chi connectivity index (χ2v) is 6.45. The number of anilines is 1. The highest BCUT2D eigenvalue weighted by Crippen LogP contribution is 2.20. The van der Waals surface area contributed by atoms with Gasteiger partial charge in [-0.05, 0) is 44.5 Å². The summed E-state index contributed by atoms with van der Waals surface area (Å²) in [6.45, 7) is 4.82. The van der Waals surface area contributed by atoms with Gasteiger partial charge in [0.25, 0.3) is 0 Å². The van der Waals surface area contributed by atoms with E-state index in [-0.39, 0.29) is 17.0 Å². The summed E-state index contributed by atoms with van der Waals surface area (Å²) >= 11 is 0. The monoisotopic (exact) mass is 306 g/mol. The number of sulfonamides is 1. The van der Waals surface area contributed by atoms with Crippen LogP contribution in [0.25, 0.3) is 0 Å². The maximum absolute atomic E-state index is 13.5. The number of benzene rings is 1. The van der Waals surface area contributed by atoms with Gasteiger partial charge in [-0.3, -0.25) is 4.72 Å². The summed E-state index contributed by atoms with van der Waals surface area (Å²) in [7, 11) is -3.67. The minimum Gasteiger partial charge on any atom is -0.317 e. The van der Waals surface area contributed by atoms with Crippen LogP contribution in [-0.2, 0) is 10.0 Å². The Morgan fingerprint density at radius 1 is 1.15 bits per heavy atom. The van der Waals surface area contributed by atoms with Gasteiger partial charge in [-0.15, -0.1) is 0 Å². The molecule has 7 heteroatoms. The first-order valence-electron chi connectivity index (χ1n) is 6.52. The van der Waals surface area contributed by atoms with Gasteiger partial charge in [0.2, 0.25) is 10.0 Å². The lowest BCUT2D eigenvalue weighted by Crippen LogP contribution is -2.23. The quantitative estimate of drug-likeness (QED) is 0.725. The largest absolute Gasteiger partial charge is 0.317 e. The molecule has 114 valence electrons. The van der Waals surface area contributed by atoms with Crippen molar-refractivity contribution in [2.75, 3.05) is 23.6 Å². The first-order valence-corrected chi connectivity index (χ1v) is 8.18. The fraction of sp³-hybridized carbons (Fsp3) is 0.538. The van der Waals surface area contributed by atoms with Gasteiger partial charge in [0.05, 0.1) is 11.4 Å². The van der Waals surface area contributed by atoms with E-state index >= 15 is 0 Å². The van der Waals surface area contributed by atoms with Crippen LogP contribution in [0.15, 0.2) is 12.1 Å². The van der Waals surface area contributed by atoms with E-state index in [2.05, 4.69) is 10.0 Å². The topological polar surface area (TPSA) is 58.2 Å². The van der Waals surface area contributed by atoms with Crippen molar-refractivity contribution in [2.24, 2.45) is 0 Å². The average molecular weight is 306 g/mol. The van der Waals surface area contributed by atoms with E-state index in [9.17, 15) is 17.2 Å². The van der Waals surface area contributed by atoms with Gasteiger partial charge >= 0.3 is 0 Å². The highest BCUT2D eigenvalue weighted by molar-refractivity contribution is 7.92. The van der Waals surface area contributed by atoms with Gasteiger partial charge in [-0.2, -0.15) is 0 Å². The van der Waals surface area contributed by atoms with Crippen LogP contribution >= 0.6 is 0 Å². The van der Waals surface area contributed by atoms with E-state index in [1.807, 2.05) is 6.92 Å². The number of hydrogen-bond acceptors (Lipinski definition) is 3. The van der Waals surface area contributed by atoms with Crippen LogP contribution in [-0.4, -0.2) is 27.3 Å². The van der Waals surface area contributed by atoms with Crippen LogP contribution in [0.1, 0.15) is 25.3 Å². The van der Waals surface area contributed by atoms with Crippen molar-refractivity contribution >= 4 is 15.7 Å². The lowest BCUT2D eigenvalue weighted by atomic mass is 10.2. The summed E-state index contributed by atoms with van der Waals surface area (Å²) in [5.74, 6) is -1.57. The van der Waals surface area contributed by atoms with Crippen molar-refractivity contribution in [3.05, 3.63) is 29.3 Å².